The van der Waals surface area contributed by atoms with Crippen molar-refractivity contribution in [1.29, 1.82) is 0 Å². The van der Waals surface area contributed by atoms with Gasteiger partial charge in [-0.25, -0.2) is 8.42 Å². The Balaban J connectivity index is 1.68. The molecule has 0 saturated carbocycles. The lowest BCUT2D eigenvalue weighted by Crippen LogP contribution is -3.08. The number of benzene rings is 1. The van der Waals surface area contributed by atoms with Gasteiger partial charge in [0.15, 0.2) is 12.3 Å². The summed E-state index contributed by atoms with van der Waals surface area (Å²) in [7, 11) is -1.71. The zero-order valence-corrected chi connectivity index (χ0v) is 16.9. The van der Waals surface area contributed by atoms with Crippen LogP contribution in [0.4, 0.5) is 5.69 Å². The number of nitrogens with one attached hydrogen (secondary N) is 2. The van der Waals surface area contributed by atoms with Crippen molar-refractivity contribution in [3.63, 3.8) is 0 Å². The molecule has 0 spiro atoms. The molecule has 2 heterocycles. The zero-order chi connectivity index (χ0) is 20.1. The molecule has 1 aromatic heterocycles. The van der Waals surface area contributed by atoms with Crippen LogP contribution in [-0.2, 0) is 26.1 Å². The lowest BCUT2D eigenvalue weighted by atomic mass is 10.2. The van der Waals surface area contributed by atoms with Gasteiger partial charge in [0.1, 0.15) is 6.54 Å². The van der Waals surface area contributed by atoms with E-state index in [-0.39, 0.29) is 17.3 Å². The second-order valence-corrected chi connectivity index (χ2v) is 8.87. The number of sulfonamides is 1. The summed E-state index contributed by atoms with van der Waals surface area (Å²) < 4.78 is 37.6. The number of nitrogens with zero attached hydrogens (tertiary/aromatic N) is 1. The maximum absolute atomic E-state index is 12.8. The van der Waals surface area contributed by atoms with E-state index in [2.05, 4.69) is 5.32 Å². The Kier molecular flexibility index (Phi) is 6.50. The Labute approximate surface area is 165 Å². The first-order valence-electron chi connectivity index (χ1n) is 9.18. The van der Waals surface area contributed by atoms with Gasteiger partial charge in [0.2, 0.25) is 10.0 Å². The highest BCUT2D eigenvalue weighted by Gasteiger charge is 2.27. The van der Waals surface area contributed by atoms with Gasteiger partial charge in [-0.3, -0.25) is 4.79 Å². The molecule has 1 aromatic carbocycles. The summed E-state index contributed by atoms with van der Waals surface area (Å²) in [6, 6.07) is 8.49. The van der Waals surface area contributed by atoms with E-state index in [1.54, 1.807) is 18.4 Å². The average molecular weight is 409 g/mol. The molecule has 152 valence electrons. The van der Waals surface area contributed by atoms with E-state index in [4.69, 9.17) is 9.15 Å². The van der Waals surface area contributed by atoms with Crippen molar-refractivity contribution in [2.24, 2.45) is 0 Å². The number of quaternary nitrogens is 1. The highest BCUT2D eigenvalue weighted by molar-refractivity contribution is 7.89. The number of hydrogen-bond acceptors (Lipinski definition) is 5. The molecule has 9 heteroatoms. The van der Waals surface area contributed by atoms with Crippen molar-refractivity contribution in [3.05, 3.63) is 47.9 Å². The number of carbonyl (C=O) groups excluding carboxylic acids is 1. The van der Waals surface area contributed by atoms with Crippen LogP contribution in [0.15, 0.2) is 45.9 Å². The van der Waals surface area contributed by atoms with Gasteiger partial charge in [0, 0.05) is 18.8 Å². The number of amides is 1. The molecule has 0 aliphatic carbocycles. The topological polar surface area (TPSA) is 93.3 Å². The highest BCUT2D eigenvalue weighted by Crippen LogP contribution is 2.23. The first-order valence-corrected chi connectivity index (χ1v) is 10.6. The third-order valence-electron chi connectivity index (χ3n) is 4.61. The number of ether oxygens (including phenoxy) is 1. The molecule has 1 aliphatic heterocycles. The van der Waals surface area contributed by atoms with Crippen LogP contribution in [0, 0.1) is 6.92 Å². The monoisotopic (exact) mass is 408 g/mol. The van der Waals surface area contributed by atoms with E-state index in [1.165, 1.54) is 10.4 Å². The molecule has 28 heavy (non-hydrogen) atoms. The van der Waals surface area contributed by atoms with Crippen LogP contribution in [-0.4, -0.2) is 58.5 Å². The fraction of sp³-hybridized carbons (Fsp3) is 0.421. The Morgan fingerprint density at radius 1 is 1.25 bits per heavy atom. The lowest BCUT2D eigenvalue weighted by molar-refractivity contribution is -0.886. The van der Waals surface area contributed by atoms with Crippen LogP contribution in [0.25, 0.3) is 0 Å². The molecule has 1 unspecified atom stereocenters. The maximum atomic E-state index is 12.8. The number of aryl methyl sites for hydroxylation is 1. The molecule has 1 saturated heterocycles. The van der Waals surface area contributed by atoms with Crippen molar-refractivity contribution in [1.82, 2.24) is 4.31 Å². The average Bonchev–Trinajstić information content (AvgIpc) is 3.16. The molecule has 1 fully saturated rings. The van der Waals surface area contributed by atoms with Gasteiger partial charge in [-0.15, -0.1) is 0 Å². The SMILES string of the molecule is Cc1ccc(S(=O)(=O)N2CCOCC2)cc1NC(=O)C[NH+](C)Cc1ccco1. The minimum atomic E-state index is -3.61. The number of anilines is 1. The quantitative estimate of drug-likeness (QED) is 0.686. The second-order valence-electron chi connectivity index (χ2n) is 6.93. The number of furan rings is 1. The third-order valence-corrected chi connectivity index (χ3v) is 6.50. The molecule has 0 bridgehead atoms. The van der Waals surface area contributed by atoms with E-state index in [0.717, 1.165) is 16.2 Å². The first-order chi connectivity index (χ1) is 13.4. The number of carbonyl (C=O) groups is 1. The van der Waals surface area contributed by atoms with Crippen molar-refractivity contribution in [3.8, 4) is 0 Å². The summed E-state index contributed by atoms with van der Waals surface area (Å²) in [5.74, 6) is 0.619. The minimum absolute atomic E-state index is 0.173. The van der Waals surface area contributed by atoms with Crippen LogP contribution in [0.1, 0.15) is 11.3 Å². The standard InChI is InChI=1S/C19H25N3O5S/c1-15-5-6-17(28(24,25)22-7-10-26-11-8-22)12-18(15)20-19(23)14-21(2)13-16-4-3-9-27-16/h3-6,9,12H,7-8,10-11,13-14H2,1-2H3,(H,20,23)/p+1. The Morgan fingerprint density at radius 3 is 2.68 bits per heavy atom. The largest absolute Gasteiger partial charge is 0.463 e. The second kappa shape index (κ2) is 8.87. The number of likely N-dealkylation sites (N-methyl/N-ethyl adjacent to an activating group) is 1. The summed E-state index contributed by atoms with van der Waals surface area (Å²) in [4.78, 5) is 13.6. The number of rotatable bonds is 7. The van der Waals surface area contributed by atoms with Gasteiger partial charge in [-0.1, -0.05) is 6.07 Å². The van der Waals surface area contributed by atoms with Gasteiger partial charge >= 0.3 is 0 Å². The smallest absolute Gasteiger partial charge is 0.279 e. The number of morpholine rings is 1. The fourth-order valence-electron chi connectivity index (χ4n) is 3.07. The van der Waals surface area contributed by atoms with Crippen molar-refractivity contribution in [2.45, 2.75) is 18.4 Å². The van der Waals surface area contributed by atoms with Gasteiger partial charge in [0.05, 0.1) is 31.4 Å². The Hall–Kier alpha value is -2.20. The van der Waals surface area contributed by atoms with Crippen LogP contribution in [0.5, 0.6) is 0 Å². The van der Waals surface area contributed by atoms with E-state index >= 15 is 0 Å². The predicted octanol–water partition coefficient (Wildman–Crippen LogP) is 0.262. The van der Waals surface area contributed by atoms with Crippen LogP contribution in [0.3, 0.4) is 0 Å². The van der Waals surface area contributed by atoms with E-state index in [9.17, 15) is 13.2 Å². The maximum Gasteiger partial charge on any atom is 0.279 e. The van der Waals surface area contributed by atoms with E-state index in [0.29, 0.717) is 38.5 Å². The third kappa shape index (κ3) is 4.99. The van der Waals surface area contributed by atoms with Crippen molar-refractivity contribution < 1.29 is 27.3 Å². The molecule has 3 rings (SSSR count). The normalized spacial score (nSPS) is 16.6. The molecule has 2 N–H and O–H groups in total. The van der Waals surface area contributed by atoms with Crippen LogP contribution >= 0.6 is 0 Å². The molecular weight excluding hydrogens is 382 g/mol. The molecule has 1 amide bonds. The zero-order valence-electron chi connectivity index (χ0n) is 16.1. The summed E-state index contributed by atoms with van der Waals surface area (Å²) >= 11 is 0. The molecule has 8 nitrogen and oxygen atoms in total. The van der Waals surface area contributed by atoms with Gasteiger partial charge in [0.25, 0.3) is 5.91 Å². The summed E-state index contributed by atoms with van der Waals surface area (Å²) in [5.41, 5.74) is 1.31. The van der Waals surface area contributed by atoms with E-state index in [1.807, 2.05) is 26.1 Å². The molecule has 2 aromatic rings. The summed E-state index contributed by atoms with van der Waals surface area (Å²) in [5, 5.41) is 2.84. The van der Waals surface area contributed by atoms with E-state index < -0.39 is 10.0 Å². The van der Waals surface area contributed by atoms with Gasteiger partial charge in [-0.05, 0) is 36.8 Å². The van der Waals surface area contributed by atoms with Crippen molar-refractivity contribution >= 4 is 21.6 Å². The van der Waals surface area contributed by atoms with Gasteiger partial charge < -0.3 is 19.4 Å². The summed E-state index contributed by atoms with van der Waals surface area (Å²) in [6.07, 6.45) is 1.60. The van der Waals surface area contributed by atoms with Crippen molar-refractivity contribution in [2.75, 3.05) is 45.2 Å². The van der Waals surface area contributed by atoms with Gasteiger partial charge in [-0.2, -0.15) is 4.31 Å². The van der Waals surface area contributed by atoms with Crippen LogP contribution in [0.2, 0.25) is 0 Å². The predicted molar refractivity (Wildman–Crippen MR) is 104 cm³/mol. The lowest BCUT2D eigenvalue weighted by Gasteiger charge is -2.26. The summed E-state index contributed by atoms with van der Waals surface area (Å²) in [6.45, 7) is 4.10. The van der Waals surface area contributed by atoms with Crippen LogP contribution < -0.4 is 10.2 Å². The number of hydrogen-bond donors (Lipinski definition) is 2. The minimum Gasteiger partial charge on any atom is -0.463 e. The molecule has 1 atom stereocenters. The Bertz CT molecular complexity index is 906. The molecular formula is C19H26N3O5S+. The molecule has 0 radical (unpaired) electrons. The fourth-order valence-corrected chi connectivity index (χ4v) is 4.51. The first kappa shape index (κ1) is 20.5. The molecule has 1 aliphatic rings. The Morgan fingerprint density at radius 2 is 2.00 bits per heavy atom. The highest BCUT2D eigenvalue weighted by atomic mass is 32.2.